The first-order valence-corrected chi connectivity index (χ1v) is 8.49. The van der Waals surface area contributed by atoms with Crippen LogP contribution in [0.5, 0.6) is 0 Å². The molecular weight excluding hydrogens is 272 g/mol. The molecule has 108 valence electrons. The molecule has 0 bridgehead atoms. The van der Waals surface area contributed by atoms with Crippen molar-refractivity contribution in [2.45, 2.75) is 43.9 Å². The number of benzene rings is 1. The molecule has 0 aliphatic heterocycles. The van der Waals surface area contributed by atoms with E-state index in [9.17, 15) is 8.42 Å². The van der Waals surface area contributed by atoms with Gasteiger partial charge in [-0.25, -0.2) is 13.1 Å². The molecule has 0 unspecified atom stereocenters. The minimum Gasteiger partial charge on any atom is -0.211 e. The second-order valence-electron chi connectivity index (χ2n) is 5.52. The Balaban J connectivity index is 2.09. The summed E-state index contributed by atoms with van der Waals surface area (Å²) in [5.41, 5.74) is 0.587. The van der Waals surface area contributed by atoms with E-state index in [2.05, 4.69) is 11.6 Å². The van der Waals surface area contributed by atoms with Crippen LogP contribution in [-0.2, 0) is 10.0 Å². The minimum atomic E-state index is -3.48. The maximum Gasteiger partial charge on any atom is 0.240 e. The van der Waals surface area contributed by atoms with Crippen LogP contribution in [-0.4, -0.2) is 15.0 Å². The molecule has 0 radical (unpaired) electrons. The summed E-state index contributed by atoms with van der Waals surface area (Å²) < 4.78 is 27.2. The Hall–Kier alpha value is -1.38. The van der Waals surface area contributed by atoms with Crippen molar-refractivity contribution in [1.29, 1.82) is 5.26 Å². The largest absolute Gasteiger partial charge is 0.240 e. The molecule has 0 amide bonds. The third kappa shape index (κ3) is 3.20. The molecule has 0 atom stereocenters. The van der Waals surface area contributed by atoms with Crippen LogP contribution in [0.1, 0.15) is 44.6 Å². The predicted molar refractivity (Wildman–Crippen MR) is 77.5 cm³/mol. The number of sulfonamides is 1. The third-order valence-electron chi connectivity index (χ3n) is 4.35. The molecule has 5 heteroatoms. The molecule has 1 N–H and O–H groups in total. The summed E-state index contributed by atoms with van der Waals surface area (Å²) >= 11 is 0. The Bertz CT molecular complexity index is 594. The van der Waals surface area contributed by atoms with E-state index in [0.29, 0.717) is 12.1 Å². The van der Waals surface area contributed by atoms with Crippen molar-refractivity contribution in [1.82, 2.24) is 4.72 Å². The normalized spacial score (nSPS) is 17.8. The van der Waals surface area contributed by atoms with Gasteiger partial charge < -0.3 is 0 Å². The Morgan fingerprint density at radius 1 is 1.25 bits per heavy atom. The fraction of sp³-hybridized carbons (Fsp3) is 0.533. The molecule has 0 heterocycles. The molecule has 0 aromatic heterocycles. The van der Waals surface area contributed by atoms with Gasteiger partial charge in [0.05, 0.1) is 16.5 Å². The minimum absolute atomic E-state index is 0.125. The molecule has 2 rings (SSSR count). The highest BCUT2D eigenvalue weighted by Gasteiger charge is 2.33. The van der Waals surface area contributed by atoms with Crippen LogP contribution in [0, 0.1) is 16.7 Å². The molecule has 20 heavy (non-hydrogen) atoms. The van der Waals surface area contributed by atoms with Crippen LogP contribution in [0.3, 0.4) is 0 Å². The molecule has 1 fully saturated rings. The Kier molecular flexibility index (Phi) is 4.46. The van der Waals surface area contributed by atoms with Crippen molar-refractivity contribution in [3.63, 3.8) is 0 Å². The first kappa shape index (κ1) is 15.0. The molecule has 0 saturated heterocycles. The van der Waals surface area contributed by atoms with Crippen molar-refractivity contribution in [3.05, 3.63) is 29.8 Å². The summed E-state index contributed by atoms with van der Waals surface area (Å²) in [7, 11) is -3.48. The molecule has 1 aromatic carbocycles. The van der Waals surface area contributed by atoms with Gasteiger partial charge in [0.15, 0.2) is 0 Å². The van der Waals surface area contributed by atoms with E-state index in [1.165, 1.54) is 37.1 Å². The molecule has 1 saturated carbocycles. The lowest BCUT2D eigenvalue weighted by atomic mass is 9.84. The van der Waals surface area contributed by atoms with Crippen LogP contribution in [0.15, 0.2) is 29.2 Å². The van der Waals surface area contributed by atoms with E-state index in [1.807, 2.05) is 6.07 Å². The number of rotatable bonds is 5. The Morgan fingerprint density at radius 3 is 2.35 bits per heavy atom. The second kappa shape index (κ2) is 5.94. The zero-order valence-electron chi connectivity index (χ0n) is 11.7. The van der Waals surface area contributed by atoms with E-state index in [1.54, 1.807) is 0 Å². The Morgan fingerprint density at radius 2 is 1.85 bits per heavy atom. The van der Waals surface area contributed by atoms with Gasteiger partial charge in [-0.15, -0.1) is 0 Å². The average Bonchev–Trinajstić information content (AvgIpc) is 2.95. The standard InChI is InChI=1S/C15H20N2O2S/c1-2-15(9-3-4-10-15)12-17-20(18,19)14-7-5-13(11-16)6-8-14/h5-8,17H,2-4,9-10,12H2,1H3. The van der Waals surface area contributed by atoms with Gasteiger partial charge in [-0.2, -0.15) is 5.26 Å². The summed E-state index contributed by atoms with van der Waals surface area (Å²) in [6.07, 6.45) is 5.57. The van der Waals surface area contributed by atoms with Gasteiger partial charge in [-0.1, -0.05) is 19.8 Å². The highest BCUT2D eigenvalue weighted by atomic mass is 32.2. The lowest BCUT2D eigenvalue weighted by Gasteiger charge is -2.27. The lowest BCUT2D eigenvalue weighted by molar-refractivity contribution is 0.285. The fourth-order valence-electron chi connectivity index (χ4n) is 2.82. The summed E-state index contributed by atoms with van der Waals surface area (Å²) in [5.74, 6) is 0. The van der Waals surface area contributed by atoms with Crippen molar-refractivity contribution >= 4 is 10.0 Å². The maximum atomic E-state index is 12.3. The summed E-state index contributed by atoms with van der Waals surface area (Å²) in [6.45, 7) is 2.63. The number of hydrogen-bond donors (Lipinski definition) is 1. The highest BCUT2D eigenvalue weighted by Crippen LogP contribution is 2.40. The van der Waals surface area contributed by atoms with E-state index < -0.39 is 10.0 Å². The Labute approximate surface area is 120 Å². The zero-order chi connectivity index (χ0) is 14.6. The average molecular weight is 292 g/mol. The van der Waals surface area contributed by atoms with Gasteiger partial charge in [-0.05, 0) is 48.9 Å². The number of nitrogens with zero attached hydrogens (tertiary/aromatic N) is 1. The van der Waals surface area contributed by atoms with Crippen LogP contribution < -0.4 is 4.72 Å². The monoisotopic (exact) mass is 292 g/mol. The molecule has 4 nitrogen and oxygen atoms in total. The first-order chi connectivity index (χ1) is 9.51. The summed E-state index contributed by atoms with van der Waals surface area (Å²) in [5, 5.41) is 8.73. The van der Waals surface area contributed by atoms with E-state index >= 15 is 0 Å². The van der Waals surface area contributed by atoms with E-state index in [0.717, 1.165) is 19.3 Å². The van der Waals surface area contributed by atoms with Crippen LogP contribution in [0.4, 0.5) is 0 Å². The number of hydrogen-bond acceptors (Lipinski definition) is 3. The van der Waals surface area contributed by atoms with Crippen LogP contribution in [0.25, 0.3) is 0 Å². The quantitative estimate of drug-likeness (QED) is 0.907. The predicted octanol–water partition coefficient (Wildman–Crippen LogP) is 2.81. The van der Waals surface area contributed by atoms with E-state index in [-0.39, 0.29) is 10.3 Å². The van der Waals surface area contributed by atoms with Gasteiger partial charge in [-0.3, -0.25) is 0 Å². The molecule has 1 aromatic rings. The SMILES string of the molecule is CCC1(CNS(=O)(=O)c2ccc(C#N)cc2)CCCC1. The fourth-order valence-corrected chi connectivity index (χ4v) is 3.98. The van der Waals surface area contributed by atoms with Crippen LogP contribution in [0.2, 0.25) is 0 Å². The van der Waals surface area contributed by atoms with Crippen molar-refractivity contribution in [2.24, 2.45) is 5.41 Å². The van der Waals surface area contributed by atoms with Crippen molar-refractivity contribution in [3.8, 4) is 6.07 Å². The van der Waals surface area contributed by atoms with E-state index in [4.69, 9.17) is 5.26 Å². The maximum absolute atomic E-state index is 12.3. The molecule has 1 aliphatic rings. The topological polar surface area (TPSA) is 70.0 Å². The van der Waals surface area contributed by atoms with Crippen LogP contribution >= 0.6 is 0 Å². The van der Waals surface area contributed by atoms with Gasteiger partial charge in [0.1, 0.15) is 0 Å². The lowest BCUT2D eigenvalue weighted by Crippen LogP contribution is -2.35. The highest BCUT2D eigenvalue weighted by molar-refractivity contribution is 7.89. The van der Waals surface area contributed by atoms with Gasteiger partial charge in [0.25, 0.3) is 0 Å². The molecule has 0 spiro atoms. The van der Waals surface area contributed by atoms with Crippen molar-refractivity contribution < 1.29 is 8.42 Å². The second-order valence-corrected chi connectivity index (χ2v) is 7.29. The smallest absolute Gasteiger partial charge is 0.211 e. The summed E-state index contributed by atoms with van der Waals surface area (Å²) in [6, 6.07) is 8.00. The van der Waals surface area contributed by atoms with Gasteiger partial charge in [0, 0.05) is 6.54 Å². The zero-order valence-corrected chi connectivity index (χ0v) is 12.5. The first-order valence-electron chi connectivity index (χ1n) is 7.01. The number of nitrogens with one attached hydrogen (secondary N) is 1. The summed E-state index contributed by atoms with van der Waals surface area (Å²) in [4.78, 5) is 0.223. The molecule has 1 aliphatic carbocycles. The van der Waals surface area contributed by atoms with Gasteiger partial charge >= 0.3 is 0 Å². The van der Waals surface area contributed by atoms with Gasteiger partial charge in [0.2, 0.25) is 10.0 Å². The molecular formula is C15H20N2O2S. The van der Waals surface area contributed by atoms with Crippen molar-refractivity contribution in [2.75, 3.05) is 6.54 Å². The number of nitriles is 1. The third-order valence-corrected chi connectivity index (χ3v) is 5.76.